The lowest BCUT2D eigenvalue weighted by atomic mass is 10.2. The van der Waals surface area contributed by atoms with E-state index in [1.165, 1.54) is 0 Å². The summed E-state index contributed by atoms with van der Waals surface area (Å²) in [5.41, 5.74) is 1.54. The Balaban J connectivity index is 1.92. The van der Waals surface area contributed by atoms with Crippen LogP contribution >= 0.6 is 0 Å². The normalized spacial score (nSPS) is 19.9. The topological polar surface area (TPSA) is 70.6 Å². The molecule has 1 atom stereocenters. The van der Waals surface area contributed by atoms with Gasteiger partial charge in [-0.2, -0.15) is 0 Å². The molecule has 1 unspecified atom stereocenters. The van der Waals surface area contributed by atoms with E-state index in [1.54, 1.807) is 24.3 Å². The van der Waals surface area contributed by atoms with E-state index in [0.717, 1.165) is 11.3 Å². The Morgan fingerprint density at radius 2 is 2.24 bits per heavy atom. The maximum Gasteiger partial charge on any atom is 0.243 e. The summed E-state index contributed by atoms with van der Waals surface area (Å²) in [6.07, 6.45) is 0. The number of nitrogens with one attached hydrogen (secondary N) is 2. The first-order chi connectivity index (χ1) is 8.29. The smallest absolute Gasteiger partial charge is 0.243 e. The number of carbonyl (C=O) groups is 1. The fourth-order valence-electron chi connectivity index (χ4n) is 1.66. The van der Waals surface area contributed by atoms with Crippen LogP contribution in [-0.4, -0.2) is 36.8 Å². The second kappa shape index (κ2) is 5.77. The quantitative estimate of drug-likeness (QED) is 0.696. The summed E-state index contributed by atoms with van der Waals surface area (Å²) in [4.78, 5) is 11.8. The molecule has 5 heteroatoms. The molecule has 1 aromatic carbocycles. The maximum absolute atomic E-state index is 11.8. The molecule has 1 aliphatic rings. The molecule has 0 saturated carbocycles. The number of hydrogen-bond donors (Lipinski definition) is 3. The lowest BCUT2D eigenvalue weighted by molar-refractivity contribution is -0.120. The molecule has 1 fully saturated rings. The number of amides is 1. The van der Waals surface area contributed by atoms with Crippen molar-refractivity contribution in [1.29, 1.82) is 0 Å². The van der Waals surface area contributed by atoms with Crippen LogP contribution in [0.1, 0.15) is 5.56 Å². The van der Waals surface area contributed by atoms with Crippen LogP contribution in [0.3, 0.4) is 0 Å². The summed E-state index contributed by atoms with van der Waals surface area (Å²) in [5.74, 6) is -0.0959. The fourth-order valence-corrected chi connectivity index (χ4v) is 1.66. The monoisotopic (exact) mass is 236 g/mol. The maximum atomic E-state index is 11.8. The molecule has 1 aliphatic heterocycles. The molecule has 3 N–H and O–H groups in total. The number of morpholine rings is 1. The van der Waals surface area contributed by atoms with Crippen LogP contribution in [0, 0.1) is 0 Å². The summed E-state index contributed by atoms with van der Waals surface area (Å²) in [6.45, 7) is 1.75. The molecular formula is C12H16N2O3. The van der Waals surface area contributed by atoms with E-state index in [2.05, 4.69) is 10.6 Å². The molecule has 0 aromatic heterocycles. The van der Waals surface area contributed by atoms with E-state index in [1.807, 2.05) is 0 Å². The van der Waals surface area contributed by atoms with Gasteiger partial charge in [-0.3, -0.25) is 4.79 Å². The average Bonchev–Trinajstić information content (AvgIpc) is 2.40. The Labute approximate surface area is 99.8 Å². The van der Waals surface area contributed by atoms with Crippen LogP contribution in [0.4, 0.5) is 5.69 Å². The molecule has 2 rings (SSSR count). The van der Waals surface area contributed by atoms with E-state index in [9.17, 15) is 4.79 Å². The van der Waals surface area contributed by atoms with Gasteiger partial charge in [0.05, 0.1) is 19.8 Å². The number of anilines is 1. The van der Waals surface area contributed by atoms with Crippen molar-refractivity contribution in [3.05, 3.63) is 29.8 Å². The molecule has 0 spiro atoms. The number of hydrogen-bond acceptors (Lipinski definition) is 4. The number of aliphatic hydroxyl groups excluding tert-OH is 1. The molecule has 92 valence electrons. The zero-order chi connectivity index (χ0) is 12.1. The van der Waals surface area contributed by atoms with Crippen LogP contribution in [0.2, 0.25) is 0 Å². The van der Waals surface area contributed by atoms with Gasteiger partial charge in [-0.25, -0.2) is 0 Å². The van der Waals surface area contributed by atoms with Gasteiger partial charge in [0, 0.05) is 12.2 Å². The third-order valence-corrected chi connectivity index (χ3v) is 2.64. The Morgan fingerprint density at radius 3 is 2.82 bits per heavy atom. The first-order valence-electron chi connectivity index (χ1n) is 5.61. The van der Waals surface area contributed by atoms with E-state index >= 15 is 0 Å². The number of benzene rings is 1. The van der Waals surface area contributed by atoms with Crippen molar-refractivity contribution in [2.75, 3.05) is 25.1 Å². The Morgan fingerprint density at radius 1 is 1.47 bits per heavy atom. The summed E-state index contributed by atoms with van der Waals surface area (Å²) in [5, 5.41) is 14.8. The van der Waals surface area contributed by atoms with Gasteiger partial charge in [-0.05, 0) is 17.7 Å². The summed E-state index contributed by atoms with van der Waals surface area (Å²) in [6, 6.07) is 6.81. The molecule has 1 saturated heterocycles. The van der Waals surface area contributed by atoms with Crippen LogP contribution < -0.4 is 10.6 Å². The Bertz CT molecular complexity index is 372. The van der Waals surface area contributed by atoms with Gasteiger partial charge in [0.2, 0.25) is 5.91 Å². The lowest BCUT2D eigenvalue weighted by Gasteiger charge is -2.22. The average molecular weight is 236 g/mol. The van der Waals surface area contributed by atoms with Crippen molar-refractivity contribution < 1.29 is 14.6 Å². The molecular weight excluding hydrogens is 220 g/mol. The predicted octanol–water partition coefficient (Wildman–Crippen LogP) is 0.106. The highest BCUT2D eigenvalue weighted by molar-refractivity contribution is 5.95. The molecule has 0 bridgehead atoms. The number of aliphatic hydroxyl groups is 1. The van der Waals surface area contributed by atoms with Crippen molar-refractivity contribution in [3.63, 3.8) is 0 Å². The molecule has 5 nitrogen and oxygen atoms in total. The zero-order valence-corrected chi connectivity index (χ0v) is 9.48. The van der Waals surface area contributed by atoms with E-state index < -0.39 is 0 Å². The van der Waals surface area contributed by atoms with Crippen molar-refractivity contribution in [3.8, 4) is 0 Å². The van der Waals surface area contributed by atoms with Gasteiger partial charge in [0.1, 0.15) is 6.04 Å². The Kier molecular flexibility index (Phi) is 4.08. The SMILES string of the molecule is O=C(Nc1ccc(CO)cc1)C1COCCN1. The van der Waals surface area contributed by atoms with Gasteiger partial charge in [0.25, 0.3) is 0 Å². The lowest BCUT2D eigenvalue weighted by Crippen LogP contribution is -2.48. The van der Waals surface area contributed by atoms with Gasteiger partial charge in [-0.1, -0.05) is 12.1 Å². The first-order valence-corrected chi connectivity index (χ1v) is 5.61. The van der Waals surface area contributed by atoms with Crippen molar-refractivity contribution in [2.45, 2.75) is 12.6 Å². The van der Waals surface area contributed by atoms with Gasteiger partial charge < -0.3 is 20.5 Å². The van der Waals surface area contributed by atoms with Crippen molar-refractivity contribution >= 4 is 11.6 Å². The summed E-state index contributed by atoms with van der Waals surface area (Å²) in [7, 11) is 0. The van der Waals surface area contributed by atoms with Crippen LogP contribution in [0.5, 0.6) is 0 Å². The second-order valence-corrected chi connectivity index (χ2v) is 3.93. The molecule has 17 heavy (non-hydrogen) atoms. The van der Waals surface area contributed by atoms with Crippen LogP contribution in [-0.2, 0) is 16.1 Å². The van der Waals surface area contributed by atoms with E-state index in [0.29, 0.717) is 19.8 Å². The zero-order valence-electron chi connectivity index (χ0n) is 9.48. The molecule has 1 heterocycles. The summed E-state index contributed by atoms with van der Waals surface area (Å²) >= 11 is 0. The second-order valence-electron chi connectivity index (χ2n) is 3.93. The number of carbonyl (C=O) groups excluding carboxylic acids is 1. The minimum atomic E-state index is -0.290. The molecule has 0 aliphatic carbocycles. The van der Waals surface area contributed by atoms with Gasteiger partial charge in [-0.15, -0.1) is 0 Å². The molecule has 1 aromatic rings. The largest absolute Gasteiger partial charge is 0.392 e. The van der Waals surface area contributed by atoms with E-state index in [4.69, 9.17) is 9.84 Å². The molecule has 1 amide bonds. The standard InChI is InChI=1S/C12H16N2O3/c15-7-9-1-3-10(4-2-9)14-12(16)11-8-17-6-5-13-11/h1-4,11,13,15H,5-8H2,(H,14,16). The minimum absolute atomic E-state index is 0.00620. The first kappa shape index (κ1) is 12.0. The third kappa shape index (κ3) is 3.26. The predicted molar refractivity (Wildman–Crippen MR) is 63.6 cm³/mol. The van der Waals surface area contributed by atoms with Crippen molar-refractivity contribution in [1.82, 2.24) is 5.32 Å². The van der Waals surface area contributed by atoms with Gasteiger partial charge in [0.15, 0.2) is 0 Å². The van der Waals surface area contributed by atoms with Crippen molar-refractivity contribution in [2.24, 2.45) is 0 Å². The Hall–Kier alpha value is -1.43. The summed E-state index contributed by atoms with van der Waals surface area (Å²) < 4.78 is 5.22. The fraction of sp³-hybridized carbons (Fsp3) is 0.417. The highest BCUT2D eigenvalue weighted by Crippen LogP contribution is 2.10. The van der Waals surface area contributed by atoms with Crippen LogP contribution in [0.25, 0.3) is 0 Å². The highest BCUT2D eigenvalue weighted by Gasteiger charge is 2.20. The minimum Gasteiger partial charge on any atom is -0.392 e. The third-order valence-electron chi connectivity index (χ3n) is 2.64. The van der Waals surface area contributed by atoms with Gasteiger partial charge >= 0.3 is 0 Å². The number of rotatable bonds is 3. The number of ether oxygens (including phenoxy) is 1. The molecule has 0 radical (unpaired) electrons. The van der Waals surface area contributed by atoms with E-state index in [-0.39, 0.29) is 18.6 Å². The highest BCUT2D eigenvalue weighted by atomic mass is 16.5. The van der Waals surface area contributed by atoms with Crippen LogP contribution in [0.15, 0.2) is 24.3 Å².